The lowest BCUT2D eigenvalue weighted by atomic mass is 10.1. The molecule has 0 aliphatic carbocycles. The van der Waals surface area contributed by atoms with E-state index in [0.717, 1.165) is 25.9 Å². The number of esters is 1. The number of carbonyl (C=O) groups excluding carboxylic acids is 2. The zero-order valence-corrected chi connectivity index (χ0v) is 12.8. The molecule has 1 aliphatic heterocycles. The average molecular weight is 311 g/mol. The SMILES string of the molecule is COC(=O)c1ccc(Cl)c(NCC(=O)N2CCCCC2)c1. The smallest absolute Gasteiger partial charge is 0.337 e. The number of hydrogen-bond donors (Lipinski definition) is 1. The molecule has 1 aromatic rings. The van der Waals surface area contributed by atoms with Gasteiger partial charge in [0.1, 0.15) is 0 Å². The van der Waals surface area contributed by atoms with Crippen molar-refractivity contribution < 1.29 is 14.3 Å². The Hall–Kier alpha value is -1.75. The molecule has 1 heterocycles. The second kappa shape index (κ2) is 7.31. The van der Waals surface area contributed by atoms with Gasteiger partial charge in [0.15, 0.2) is 0 Å². The number of carbonyl (C=O) groups is 2. The normalized spacial score (nSPS) is 14.7. The van der Waals surface area contributed by atoms with Gasteiger partial charge in [-0.1, -0.05) is 11.6 Å². The number of anilines is 1. The van der Waals surface area contributed by atoms with Crippen LogP contribution in [0.25, 0.3) is 0 Å². The summed E-state index contributed by atoms with van der Waals surface area (Å²) in [6, 6.07) is 4.80. The van der Waals surface area contributed by atoms with Crippen LogP contribution >= 0.6 is 11.6 Å². The summed E-state index contributed by atoms with van der Waals surface area (Å²) < 4.78 is 4.67. The highest BCUT2D eigenvalue weighted by Crippen LogP contribution is 2.23. The summed E-state index contributed by atoms with van der Waals surface area (Å²) in [7, 11) is 1.32. The number of benzene rings is 1. The third kappa shape index (κ3) is 4.11. The largest absolute Gasteiger partial charge is 0.465 e. The predicted molar refractivity (Wildman–Crippen MR) is 81.7 cm³/mol. The first-order valence-electron chi connectivity index (χ1n) is 7.01. The molecule has 0 aromatic heterocycles. The molecule has 114 valence electrons. The molecular formula is C15H19ClN2O3. The van der Waals surface area contributed by atoms with Crippen LogP contribution in [0.1, 0.15) is 29.6 Å². The van der Waals surface area contributed by atoms with Crippen molar-refractivity contribution in [2.24, 2.45) is 0 Å². The number of likely N-dealkylation sites (tertiary alicyclic amines) is 1. The third-order valence-corrected chi connectivity index (χ3v) is 3.86. The maximum Gasteiger partial charge on any atom is 0.337 e. The molecule has 0 bridgehead atoms. The number of amides is 1. The molecule has 1 saturated heterocycles. The number of methoxy groups -OCH3 is 1. The lowest BCUT2D eigenvalue weighted by molar-refractivity contribution is -0.130. The van der Waals surface area contributed by atoms with E-state index in [1.54, 1.807) is 18.2 Å². The minimum atomic E-state index is -0.433. The Morgan fingerprint density at radius 3 is 2.67 bits per heavy atom. The summed E-state index contributed by atoms with van der Waals surface area (Å²) in [4.78, 5) is 25.4. The average Bonchev–Trinajstić information content (AvgIpc) is 2.53. The first-order chi connectivity index (χ1) is 10.1. The van der Waals surface area contributed by atoms with Crippen LogP contribution in [0.2, 0.25) is 5.02 Å². The molecule has 1 aromatic carbocycles. The first-order valence-corrected chi connectivity index (χ1v) is 7.39. The fourth-order valence-electron chi connectivity index (χ4n) is 2.33. The van der Waals surface area contributed by atoms with Crippen LogP contribution in [0.15, 0.2) is 18.2 Å². The van der Waals surface area contributed by atoms with Crippen molar-refractivity contribution >= 4 is 29.2 Å². The zero-order chi connectivity index (χ0) is 15.2. The second-order valence-electron chi connectivity index (χ2n) is 4.98. The van der Waals surface area contributed by atoms with E-state index in [-0.39, 0.29) is 12.5 Å². The van der Waals surface area contributed by atoms with Gasteiger partial charge >= 0.3 is 5.97 Å². The molecule has 1 amide bonds. The van der Waals surface area contributed by atoms with Crippen molar-refractivity contribution in [1.29, 1.82) is 0 Å². The molecule has 21 heavy (non-hydrogen) atoms. The fraction of sp³-hybridized carbons (Fsp3) is 0.467. The van der Waals surface area contributed by atoms with E-state index in [9.17, 15) is 9.59 Å². The Morgan fingerprint density at radius 1 is 1.29 bits per heavy atom. The van der Waals surface area contributed by atoms with Crippen LogP contribution in [0, 0.1) is 0 Å². The van der Waals surface area contributed by atoms with E-state index >= 15 is 0 Å². The fourth-order valence-corrected chi connectivity index (χ4v) is 2.52. The highest BCUT2D eigenvalue weighted by molar-refractivity contribution is 6.33. The summed E-state index contributed by atoms with van der Waals surface area (Å²) in [5.41, 5.74) is 0.958. The van der Waals surface area contributed by atoms with Crippen LogP contribution in [-0.4, -0.2) is 43.5 Å². The Kier molecular flexibility index (Phi) is 5.44. The summed E-state index contributed by atoms with van der Waals surface area (Å²) >= 11 is 6.07. The van der Waals surface area contributed by atoms with Gasteiger partial charge in [0.25, 0.3) is 0 Å². The van der Waals surface area contributed by atoms with Crippen molar-refractivity contribution in [3.8, 4) is 0 Å². The summed E-state index contributed by atoms with van der Waals surface area (Å²) in [5.74, 6) is -0.383. The van der Waals surface area contributed by atoms with Gasteiger partial charge in [-0.05, 0) is 37.5 Å². The van der Waals surface area contributed by atoms with Gasteiger partial charge in [-0.3, -0.25) is 4.79 Å². The number of piperidine rings is 1. The van der Waals surface area contributed by atoms with Crippen LogP contribution in [-0.2, 0) is 9.53 Å². The maximum absolute atomic E-state index is 12.1. The number of rotatable bonds is 4. The molecule has 1 N–H and O–H groups in total. The number of ether oxygens (including phenoxy) is 1. The highest BCUT2D eigenvalue weighted by atomic mass is 35.5. The second-order valence-corrected chi connectivity index (χ2v) is 5.39. The lowest BCUT2D eigenvalue weighted by Gasteiger charge is -2.27. The van der Waals surface area contributed by atoms with Gasteiger partial charge in [0.2, 0.25) is 5.91 Å². The van der Waals surface area contributed by atoms with Crippen LogP contribution < -0.4 is 5.32 Å². The highest BCUT2D eigenvalue weighted by Gasteiger charge is 2.16. The Labute approximate surface area is 129 Å². The number of halogens is 1. The predicted octanol–water partition coefficient (Wildman–Crippen LogP) is 2.55. The number of hydrogen-bond acceptors (Lipinski definition) is 4. The molecule has 5 nitrogen and oxygen atoms in total. The van der Waals surface area contributed by atoms with Gasteiger partial charge in [0, 0.05) is 13.1 Å². The van der Waals surface area contributed by atoms with Crippen LogP contribution in [0.5, 0.6) is 0 Å². The third-order valence-electron chi connectivity index (χ3n) is 3.53. The van der Waals surface area contributed by atoms with Crippen molar-refractivity contribution in [1.82, 2.24) is 4.90 Å². The Balaban J connectivity index is 1.98. The van der Waals surface area contributed by atoms with Crippen molar-refractivity contribution in [3.63, 3.8) is 0 Å². The summed E-state index contributed by atoms with van der Waals surface area (Å²) in [5, 5.41) is 3.47. The molecule has 0 radical (unpaired) electrons. The standard InChI is InChI=1S/C15H19ClN2O3/c1-21-15(20)11-5-6-12(16)13(9-11)17-10-14(19)18-7-3-2-4-8-18/h5-6,9,17H,2-4,7-8,10H2,1H3. The molecule has 0 saturated carbocycles. The van der Waals surface area contributed by atoms with Crippen molar-refractivity contribution in [2.75, 3.05) is 32.1 Å². The topological polar surface area (TPSA) is 58.6 Å². The number of nitrogens with one attached hydrogen (secondary N) is 1. The molecule has 0 atom stereocenters. The molecule has 0 unspecified atom stereocenters. The van der Waals surface area contributed by atoms with E-state index in [1.807, 2.05) is 4.90 Å². The maximum atomic E-state index is 12.1. The minimum Gasteiger partial charge on any atom is -0.465 e. The van der Waals surface area contributed by atoms with E-state index in [0.29, 0.717) is 16.3 Å². The van der Waals surface area contributed by atoms with E-state index in [2.05, 4.69) is 10.1 Å². The molecule has 0 spiro atoms. The van der Waals surface area contributed by atoms with Crippen molar-refractivity contribution in [3.05, 3.63) is 28.8 Å². The summed E-state index contributed by atoms with van der Waals surface area (Å²) in [6.45, 7) is 1.80. The van der Waals surface area contributed by atoms with Crippen LogP contribution in [0.4, 0.5) is 5.69 Å². The van der Waals surface area contributed by atoms with Gasteiger partial charge in [-0.2, -0.15) is 0 Å². The monoisotopic (exact) mass is 310 g/mol. The molecule has 1 fully saturated rings. The van der Waals surface area contributed by atoms with Gasteiger partial charge in [-0.25, -0.2) is 4.79 Å². The first kappa shape index (κ1) is 15.6. The lowest BCUT2D eigenvalue weighted by Crippen LogP contribution is -2.39. The van der Waals surface area contributed by atoms with Crippen LogP contribution in [0.3, 0.4) is 0 Å². The van der Waals surface area contributed by atoms with E-state index < -0.39 is 5.97 Å². The van der Waals surface area contributed by atoms with E-state index in [1.165, 1.54) is 13.5 Å². The molecule has 2 rings (SSSR count). The Morgan fingerprint density at radius 2 is 2.00 bits per heavy atom. The van der Waals surface area contributed by atoms with E-state index in [4.69, 9.17) is 11.6 Å². The molecular weight excluding hydrogens is 292 g/mol. The van der Waals surface area contributed by atoms with Gasteiger partial charge < -0.3 is 15.0 Å². The van der Waals surface area contributed by atoms with Crippen molar-refractivity contribution in [2.45, 2.75) is 19.3 Å². The molecule has 1 aliphatic rings. The Bertz CT molecular complexity index is 528. The van der Waals surface area contributed by atoms with Gasteiger partial charge in [-0.15, -0.1) is 0 Å². The number of nitrogens with zero attached hydrogens (tertiary/aromatic N) is 1. The minimum absolute atomic E-state index is 0.0502. The zero-order valence-electron chi connectivity index (χ0n) is 12.0. The molecule has 6 heteroatoms. The van der Waals surface area contributed by atoms with Gasteiger partial charge in [0.05, 0.1) is 29.9 Å². The summed E-state index contributed by atoms with van der Waals surface area (Å²) in [6.07, 6.45) is 3.30. The quantitative estimate of drug-likeness (QED) is 0.868.